The lowest BCUT2D eigenvalue weighted by Gasteiger charge is -2.09. The molecular formula is C10H5BrClF3N2O. The number of nitrogen functional groups attached to an aromatic ring is 1. The Balaban J connectivity index is 2.61. The van der Waals surface area contributed by atoms with E-state index in [0.717, 1.165) is 12.1 Å². The number of hydrogen-bond donors (Lipinski definition) is 1. The summed E-state index contributed by atoms with van der Waals surface area (Å²) in [5.41, 5.74) is 4.70. The second-order valence-corrected chi connectivity index (χ2v) is 4.64. The summed E-state index contributed by atoms with van der Waals surface area (Å²) >= 11 is 8.92. The van der Waals surface area contributed by atoms with Gasteiger partial charge in [-0.2, -0.15) is 13.2 Å². The summed E-state index contributed by atoms with van der Waals surface area (Å²) in [4.78, 5) is 0. The highest BCUT2D eigenvalue weighted by atomic mass is 79.9. The van der Waals surface area contributed by atoms with Gasteiger partial charge in [-0.1, -0.05) is 32.7 Å². The first kappa shape index (κ1) is 13.2. The molecule has 2 aromatic rings. The topological polar surface area (TPSA) is 52.0 Å². The lowest BCUT2D eigenvalue weighted by molar-refractivity contribution is -0.137. The zero-order valence-corrected chi connectivity index (χ0v) is 10.9. The molecule has 0 aliphatic carbocycles. The smallest absolute Gasteiger partial charge is 0.380 e. The Labute approximate surface area is 113 Å². The predicted molar refractivity (Wildman–Crippen MR) is 64.1 cm³/mol. The quantitative estimate of drug-likeness (QED) is 0.838. The van der Waals surface area contributed by atoms with Crippen molar-refractivity contribution in [3.05, 3.63) is 33.3 Å². The molecule has 0 bridgehead atoms. The zero-order chi connectivity index (χ0) is 13.5. The third kappa shape index (κ3) is 2.32. The maximum absolute atomic E-state index is 12.6. The Morgan fingerprint density at radius 2 is 2.00 bits per heavy atom. The molecule has 1 aromatic heterocycles. The van der Waals surface area contributed by atoms with Crippen molar-refractivity contribution in [2.24, 2.45) is 0 Å². The molecule has 0 saturated carbocycles. The summed E-state index contributed by atoms with van der Waals surface area (Å²) in [7, 11) is 0. The minimum atomic E-state index is -4.45. The molecule has 1 aromatic carbocycles. The molecule has 3 nitrogen and oxygen atoms in total. The molecule has 0 amide bonds. The van der Waals surface area contributed by atoms with Gasteiger partial charge in [0.15, 0.2) is 11.6 Å². The van der Waals surface area contributed by atoms with Gasteiger partial charge >= 0.3 is 6.18 Å². The van der Waals surface area contributed by atoms with Crippen LogP contribution >= 0.6 is 27.5 Å². The lowest BCUT2D eigenvalue weighted by atomic mass is 10.1. The maximum Gasteiger partial charge on any atom is 0.416 e. The number of nitrogens with zero attached hydrogens (tertiary/aromatic N) is 1. The Hall–Kier alpha value is -1.21. The van der Waals surface area contributed by atoms with E-state index in [4.69, 9.17) is 21.9 Å². The van der Waals surface area contributed by atoms with Gasteiger partial charge in [-0.25, -0.2) is 0 Å². The van der Waals surface area contributed by atoms with E-state index < -0.39 is 11.7 Å². The van der Waals surface area contributed by atoms with E-state index >= 15 is 0 Å². The van der Waals surface area contributed by atoms with E-state index in [0.29, 0.717) is 4.47 Å². The standard InChI is InChI=1S/C10H5BrClF3N2O/c11-6-2-1-4(10(13,14)15)3-5(6)8-7(12)9(16)17-18-8/h1-3H,(H2,16,17). The molecule has 0 aliphatic heterocycles. The summed E-state index contributed by atoms with van der Waals surface area (Å²) in [6, 6.07) is 3.12. The number of halogens is 5. The maximum atomic E-state index is 12.6. The van der Waals surface area contributed by atoms with Gasteiger partial charge in [0.05, 0.1) is 5.56 Å². The van der Waals surface area contributed by atoms with E-state index in [9.17, 15) is 13.2 Å². The van der Waals surface area contributed by atoms with Gasteiger partial charge in [0, 0.05) is 10.0 Å². The Morgan fingerprint density at radius 3 is 2.50 bits per heavy atom. The average molecular weight is 342 g/mol. The third-order valence-corrected chi connectivity index (χ3v) is 3.25. The summed E-state index contributed by atoms with van der Waals surface area (Å²) in [5, 5.41) is 3.38. The first-order valence-electron chi connectivity index (χ1n) is 4.58. The van der Waals surface area contributed by atoms with Crippen molar-refractivity contribution in [3.63, 3.8) is 0 Å². The fourth-order valence-electron chi connectivity index (χ4n) is 1.33. The fourth-order valence-corrected chi connectivity index (χ4v) is 1.93. The minimum Gasteiger partial charge on any atom is -0.380 e. The second-order valence-electron chi connectivity index (χ2n) is 3.40. The fraction of sp³-hybridized carbons (Fsp3) is 0.100. The van der Waals surface area contributed by atoms with Gasteiger partial charge in [0.2, 0.25) is 0 Å². The monoisotopic (exact) mass is 340 g/mol. The van der Waals surface area contributed by atoms with E-state index in [-0.39, 0.29) is 22.2 Å². The van der Waals surface area contributed by atoms with Crippen molar-refractivity contribution < 1.29 is 17.7 Å². The molecule has 0 saturated heterocycles. The van der Waals surface area contributed by atoms with Crippen LogP contribution in [0.4, 0.5) is 19.0 Å². The van der Waals surface area contributed by atoms with Crippen molar-refractivity contribution in [3.8, 4) is 11.3 Å². The van der Waals surface area contributed by atoms with Crippen molar-refractivity contribution >= 4 is 33.3 Å². The number of alkyl halides is 3. The molecule has 18 heavy (non-hydrogen) atoms. The minimum absolute atomic E-state index is 0.00728. The molecule has 0 radical (unpaired) electrons. The number of anilines is 1. The molecule has 0 fully saturated rings. The van der Waals surface area contributed by atoms with Gasteiger partial charge in [-0.3, -0.25) is 0 Å². The second kappa shape index (κ2) is 4.47. The number of nitrogens with two attached hydrogens (primary N) is 1. The summed E-state index contributed by atoms with van der Waals surface area (Å²) in [6.07, 6.45) is -4.45. The Bertz CT molecular complexity index is 597. The Kier molecular flexibility index (Phi) is 3.29. The largest absolute Gasteiger partial charge is 0.416 e. The van der Waals surface area contributed by atoms with Crippen LogP contribution < -0.4 is 5.73 Å². The van der Waals surface area contributed by atoms with Gasteiger partial charge in [-0.05, 0) is 18.2 Å². The average Bonchev–Trinajstić information content (AvgIpc) is 2.59. The van der Waals surface area contributed by atoms with Crippen LogP contribution in [0.15, 0.2) is 27.2 Å². The molecule has 8 heteroatoms. The molecular weight excluding hydrogens is 336 g/mol. The number of rotatable bonds is 1. The third-order valence-electron chi connectivity index (χ3n) is 2.20. The molecule has 0 spiro atoms. The molecule has 1 heterocycles. The number of benzene rings is 1. The van der Waals surface area contributed by atoms with Crippen molar-refractivity contribution in [2.45, 2.75) is 6.18 Å². The van der Waals surface area contributed by atoms with Crippen LogP contribution in [0.1, 0.15) is 5.56 Å². The van der Waals surface area contributed by atoms with E-state index in [1.54, 1.807) is 0 Å². The van der Waals surface area contributed by atoms with Crippen LogP contribution in [0.2, 0.25) is 5.02 Å². The van der Waals surface area contributed by atoms with Crippen LogP contribution in [0.3, 0.4) is 0 Å². The summed E-state index contributed by atoms with van der Waals surface area (Å²) in [5.74, 6) is -0.0804. The molecule has 2 N–H and O–H groups in total. The van der Waals surface area contributed by atoms with Crippen molar-refractivity contribution in [1.29, 1.82) is 0 Å². The molecule has 2 rings (SSSR count). The molecule has 0 atom stereocenters. The SMILES string of the molecule is Nc1noc(-c2cc(C(F)(F)F)ccc2Br)c1Cl. The van der Waals surface area contributed by atoms with Crippen LogP contribution in [0, 0.1) is 0 Å². The predicted octanol–water partition coefficient (Wildman–Crippen LogP) is 4.36. The van der Waals surface area contributed by atoms with E-state index in [1.165, 1.54) is 6.07 Å². The zero-order valence-electron chi connectivity index (χ0n) is 8.55. The highest BCUT2D eigenvalue weighted by Crippen LogP contribution is 2.39. The number of aromatic nitrogens is 1. The first-order chi connectivity index (χ1) is 8.30. The Morgan fingerprint density at radius 1 is 1.33 bits per heavy atom. The van der Waals surface area contributed by atoms with Crippen LogP contribution in [-0.2, 0) is 6.18 Å². The van der Waals surface area contributed by atoms with Crippen molar-refractivity contribution in [1.82, 2.24) is 5.16 Å². The van der Waals surface area contributed by atoms with Gasteiger partial charge in [-0.15, -0.1) is 0 Å². The molecule has 0 unspecified atom stereocenters. The summed E-state index contributed by atoms with van der Waals surface area (Å²) < 4.78 is 43.0. The van der Waals surface area contributed by atoms with Gasteiger partial charge in [0.1, 0.15) is 5.02 Å². The number of hydrogen-bond acceptors (Lipinski definition) is 3. The van der Waals surface area contributed by atoms with E-state index in [2.05, 4.69) is 21.1 Å². The summed E-state index contributed by atoms with van der Waals surface area (Å²) in [6.45, 7) is 0. The van der Waals surface area contributed by atoms with E-state index in [1.807, 2.05) is 0 Å². The highest BCUT2D eigenvalue weighted by Gasteiger charge is 2.31. The van der Waals surface area contributed by atoms with Crippen LogP contribution in [0.25, 0.3) is 11.3 Å². The van der Waals surface area contributed by atoms with Crippen LogP contribution in [-0.4, -0.2) is 5.16 Å². The van der Waals surface area contributed by atoms with Gasteiger partial charge < -0.3 is 10.3 Å². The first-order valence-corrected chi connectivity index (χ1v) is 5.75. The highest BCUT2D eigenvalue weighted by molar-refractivity contribution is 9.10. The van der Waals surface area contributed by atoms with Gasteiger partial charge in [0.25, 0.3) is 0 Å². The molecule has 0 aliphatic rings. The van der Waals surface area contributed by atoms with Crippen LogP contribution in [0.5, 0.6) is 0 Å². The van der Waals surface area contributed by atoms with Crippen molar-refractivity contribution in [2.75, 3.05) is 5.73 Å². The molecule has 96 valence electrons. The lowest BCUT2D eigenvalue weighted by Crippen LogP contribution is -2.04. The normalized spacial score (nSPS) is 11.8.